The van der Waals surface area contributed by atoms with Crippen LogP contribution in [0.2, 0.25) is 0 Å². The molecular formula is C21H20BrN3O3. The van der Waals surface area contributed by atoms with Crippen LogP contribution in [-0.2, 0) is 4.79 Å². The molecule has 3 amide bonds. The molecule has 4 rings (SSSR count). The number of piperazine rings is 1. The number of carbonyl (C=O) groups is 3. The number of benzene rings is 2. The summed E-state index contributed by atoms with van der Waals surface area (Å²) in [5.74, 6) is -1.01. The lowest BCUT2D eigenvalue weighted by molar-refractivity contribution is -0.131. The first-order chi connectivity index (χ1) is 13.4. The van der Waals surface area contributed by atoms with Gasteiger partial charge in [0.15, 0.2) is 0 Å². The number of imide groups is 1. The van der Waals surface area contributed by atoms with Crippen LogP contribution in [-0.4, -0.2) is 60.2 Å². The first-order valence-corrected chi connectivity index (χ1v) is 9.98. The van der Waals surface area contributed by atoms with Gasteiger partial charge in [-0.05, 0) is 42.8 Å². The van der Waals surface area contributed by atoms with Crippen LogP contribution in [0.5, 0.6) is 0 Å². The molecule has 0 aromatic heterocycles. The zero-order valence-corrected chi connectivity index (χ0v) is 17.1. The highest BCUT2D eigenvalue weighted by atomic mass is 79.9. The zero-order chi connectivity index (χ0) is 19.8. The second kappa shape index (κ2) is 7.39. The molecule has 1 fully saturated rings. The maximum atomic E-state index is 12.7. The van der Waals surface area contributed by atoms with E-state index >= 15 is 0 Å². The van der Waals surface area contributed by atoms with Crippen molar-refractivity contribution < 1.29 is 14.4 Å². The van der Waals surface area contributed by atoms with Gasteiger partial charge in [0.2, 0.25) is 5.91 Å². The quantitative estimate of drug-likeness (QED) is 0.686. The molecular weight excluding hydrogens is 422 g/mol. The molecule has 6 nitrogen and oxygen atoms in total. The highest BCUT2D eigenvalue weighted by molar-refractivity contribution is 9.10. The van der Waals surface area contributed by atoms with Crippen molar-refractivity contribution in [2.24, 2.45) is 0 Å². The first-order valence-electron chi connectivity index (χ1n) is 9.19. The molecule has 144 valence electrons. The number of aryl methyl sites for hydroxylation is 1. The molecule has 0 atom stereocenters. The number of fused-ring (bicyclic) bond motifs is 1. The Balaban J connectivity index is 1.39. The summed E-state index contributed by atoms with van der Waals surface area (Å²) in [5.41, 5.74) is 3.05. The van der Waals surface area contributed by atoms with Crippen LogP contribution in [0.15, 0.2) is 46.9 Å². The van der Waals surface area contributed by atoms with Crippen LogP contribution in [0.3, 0.4) is 0 Å². The summed E-state index contributed by atoms with van der Waals surface area (Å²) in [5, 5.41) is 0. The van der Waals surface area contributed by atoms with Crippen LogP contribution in [0.25, 0.3) is 0 Å². The molecule has 0 radical (unpaired) electrons. The van der Waals surface area contributed by atoms with E-state index < -0.39 is 11.8 Å². The first kappa shape index (κ1) is 18.7. The van der Waals surface area contributed by atoms with Crippen molar-refractivity contribution in [1.29, 1.82) is 0 Å². The standard InChI is InChI=1S/C21H20BrN3O3/c1-14-3-2-4-16(11-14)23-7-9-24(10-8-23)19(26)13-25-20(27)17-6-5-15(22)12-18(17)21(25)28/h2-6,11-12H,7-10,13H2,1H3. The molecule has 1 saturated heterocycles. The van der Waals surface area contributed by atoms with Crippen molar-refractivity contribution >= 4 is 39.3 Å². The largest absolute Gasteiger partial charge is 0.368 e. The summed E-state index contributed by atoms with van der Waals surface area (Å²) in [6.45, 7) is 4.44. The fourth-order valence-corrected chi connectivity index (χ4v) is 4.04. The van der Waals surface area contributed by atoms with Gasteiger partial charge in [0.1, 0.15) is 6.54 Å². The third kappa shape index (κ3) is 3.42. The molecule has 0 spiro atoms. The van der Waals surface area contributed by atoms with Crippen molar-refractivity contribution in [1.82, 2.24) is 9.80 Å². The van der Waals surface area contributed by atoms with E-state index in [1.807, 2.05) is 6.07 Å². The monoisotopic (exact) mass is 441 g/mol. The van der Waals surface area contributed by atoms with Gasteiger partial charge < -0.3 is 9.80 Å². The number of halogens is 1. The average Bonchev–Trinajstić information content (AvgIpc) is 2.92. The summed E-state index contributed by atoms with van der Waals surface area (Å²) in [6.07, 6.45) is 0. The lowest BCUT2D eigenvalue weighted by Crippen LogP contribution is -2.51. The molecule has 2 aliphatic heterocycles. The van der Waals surface area contributed by atoms with E-state index in [1.165, 1.54) is 5.56 Å². The van der Waals surface area contributed by atoms with Crippen LogP contribution in [0.4, 0.5) is 5.69 Å². The second-order valence-electron chi connectivity index (χ2n) is 7.09. The number of amides is 3. The minimum absolute atomic E-state index is 0.197. The van der Waals surface area contributed by atoms with Crippen molar-refractivity contribution in [3.63, 3.8) is 0 Å². The van der Waals surface area contributed by atoms with Crippen LogP contribution in [0, 0.1) is 6.92 Å². The van der Waals surface area contributed by atoms with Crippen molar-refractivity contribution in [3.8, 4) is 0 Å². The molecule has 2 aromatic rings. The molecule has 7 heteroatoms. The summed E-state index contributed by atoms with van der Waals surface area (Å²) in [4.78, 5) is 42.8. The predicted molar refractivity (Wildman–Crippen MR) is 109 cm³/mol. The highest BCUT2D eigenvalue weighted by Crippen LogP contribution is 2.26. The van der Waals surface area contributed by atoms with E-state index in [9.17, 15) is 14.4 Å². The highest BCUT2D eigenvalue weighted by Gasteiger charge is 2.37. The summed E-state index contributed by atoms with van der Waals surface area (Å²) < 4.78 is 0.729. The van der Waals surface area contributed by atoms with Gasteiger partial charge in [-0.15, -0.1) is 0 Å². The van der Waals surface area contributed by atoms with Crippen molar-refractivity contribution in [3.05, 3.63) is 63.6 Å². The Morgan fingerprint density at radius 3 is 2.39 bits per heavy atom. The smallest absolute Gasteiger partial charge is 0.262 e. The molecule has 2 heterocycles. The van der Waals surface area contributed by atoms with E-state index in [2.05, 4.69) is 46.0 Å². The van der Waals surface area contributed by atoms with Crippen molar-refractivity contribution in [2.45, 2.75) is 6.92 Å². The van der Waals surface area contributed by atoms with Crippen molar-refractivity contribution in [2.75, 3.05) is 37.6 Å². The molecule has 2 aromatic carbocycles. The lowest BCUT2D eigenvalue weighted by atomic mass is 10.1. The SMILES string of the molecule is Cc1cccc(N2CCN(C(=O)CN3C(=O)c4ccc(Br)cc4C3=O)CC2)c1. The third-order valence-corrected chi connectivity index (χ3v) is 5.72. The van der Waals surface area contributed by atoms with Gasteiger partial charge >= 0.3 is 0 Å². The molecule has 0 bridgehead atoms. The number of anilines is 1. The number of nitrogens with zero attached hydrogens (tertiary/aromatic N) is 3. The Kier molecular flexibility index (Phi) is 4.93. The van der Waals surface area contributed by atoms with E-state index in [4.69, 9.17) is 0 Å². The Bertz CT molecular complexity index is 967. The Hall–Kier alpha value is -2.67. The Labute approximate surface area is 171 Å². The number of hydrogen-bond donors (Lipinski definition) is 0. The third-order valence-electron chi connectivity index (χ3n) is 5.23. The Morgan fingerprint density at radius 2 is 1.68 bits per heavy atom. The Morgan fingerprint density at radius 1 is 0.964 bits per heavy atom. The number of carbonyl (C=O) groups excluding carboxylic acids is 3. The van der Waals surface area contributed by atoms with Gasteiger partial charge in [-0.25, -0.2) is 0 Å². The second-order valence-corrected chi connectivity index (χ2v) is 8.01. The van der Waals surface area contributed by atoms with E-state index in [1.54, 1.807) is 23.1 Å². The molecule has 28 heavy (non-hydrogen) atoms. The summed E-state index contributed by atoms with van der Waals surface area (Å²) in [7, 11) is 0. The van der Waals surface area contributed by atoms with Crippen LogP contribution in [0.1, 0.15) is 26.3 Å². The molecule has 0 unspecified atom stereocenters. The van der Waals surface area contributed by atoms with Crippen LogP contribution >= 0.6 is 15.9 Å². The number of hydrogen-bond acceptors (Lipinski definition) is 4. The lowest BCUT2D eigenvalue weighted by Gasteiger charge is -2.36. The van der Waals surface area contributed by atoms with Gasteiger partial charge in [-0.1, -0.05) is 28.1 Å². The van der Waals surface area contributed by atoms with E-state index in [0.29, 0.717) is 24.2 Å². The predicted octanol–water partition coefficient (Wildman–Crippen LogP) is 2.70. The maximum Gasteiger partial charge on any atom is 0.262 e. The van der Waals surface area contributed by atoms with Gasteiger partial charge in [0.05, 0.1) is 11.1 Å². The average molecular weight is 442 g/mol. The van der Waals surface area contributed by atoms with E-state index in [-0.39, 0.29) is 12.5 Å². The minimum Gasteiger partial charge on any atom is -0.368 e. The summed E-state index contributed by atoms with van der Waals surface area (Å²) >= 11 is 3.31. The molecule has 0 N–H and O–H groups in total. The topological polar surface area (TPSA) is 60.9 Å². The maximum absolute atomic E-state index is 12.7. The minimum atomic E-state index is -0.409. The molecule has 2 aliphatic rings. The molecule has 0 saturated carbocycles. The summed E-state index contributed by atoms with van der Waals surface area (Å²) in [6, 6.07) is 13.3. The normalized spacial score (nSPS) is 16.6. The van der Waals surface area contributed by atoms with E-state index in [0.717, 1.165) is 28.1 Å². The fraction of sp³-hybridized carbons (Fsp3) is 0.286. The van der Waals surface area contributed by atoms with Gasteiger partial charge in [-0.3, -0.25) is 19.3 Å². The number of rotatable bonds is 3. The van der Waals surface area contributed by atoms with Gasteiger partial charge in [0, 0.05) is 36.3 Å². The molecule has 0 aliphatic carbocycles. The fourth-order valence-electron chi connectivity index (χ4n) is 3.68. The van der Waals surface area contributed by atoms with Gasteiger partial charge in [-0.2, -0.15) is 0 Å². The van der Waals surface area contributed by atoms with Gasteiger partial charge in [0.25, 0.3) is 11.8 Å². The van der Waals surface area contributed by atoms with Crippen LogP contribution < -0.4 is 4.90 Å². The zero-order valence-electron chi connectivity index (χ0n) is 15.5.